The Hall–Kier alpha value is -3.68. The lowest BCUT2D eigenvalue weighted by molar-refractivity contribution is -0.132. The topological polar surface area (TPSA) is 68.0 Å². The van der Waals surface area contributed by atoms with Gasteiger partial charge in [0.1, 0.15) is 17.1 Å². The molecule has 1 fully saturated rings. The van der Waals surface area contributed by atoms with Crippen molar-refractivity contribution in [2.24, 2.45) is 0 Å². The molecule has 0 N–H and O–H groups in total. The van der Waals surface area contributed by atoms with E-state index in [0.717, 1.165) is 33.7 Å². The van der Waals surface area contributed by atoms with E-state index in [9.17, 15) is 4.79 Å². The van der Waals surface area contributed by atoms with Crippen molar-refractivity contribution in [2.45, 2.75) is 25.8 Å². The van der Waals surface area contributed by atoms with Crippen LogP contribution in [-0.2, 0) is 29.2 Å². The number of ether oxygens (including phenoxy) is 2. The zero-order valence-corrected chi connectivity index (χ0v) is 19.8. The number of pyridine rings is 1. The smallest absolute Gasteiger partial charge is 0.237 e. The van der Waals surface area contributed by atoms with Gasteiger partial charge < -0.3 is 18.8 Å². The van der Waals surface area contributed by atoms with Gasteiger partial charge in [0.2, 0.25) is 5.91 Å². The van der Waals surface area contributed by atoms with E-state index in [2.05, 4.69) is 9.88 Å². The number of benzene rings is 2. The molecule has 0 radical (unpaired) electrons. The van der Waals surface area contributed by atoms with Crippen LogP contribution in [0.5, 0.6) is 5.75 Å². The highest BCUT2D eigenvalue weighted by atomic mass is 16.5. The molecule has 5 rings (SSSR count). The predicted molar refractivity (Wildman–Crippen MR) is 133 cm³/mol. The summed E-state index contributed by atoms with van der Waals surface area (Å²) in [5.41, 5.74) is 2.74. The van der Waals surface area contributed by atoms with Gasteiger partial charge in [-0.25, -0.2) is 0 Å². The highest BCUT2D eigenvalue weighted by Gasteiger charge is 2.29. The number of hydrogen-bond donors (Lipinski definition) is 0. The Morgan fingerprint density at radius 1 is 1.00 bits per heavy atom. The Bertz CT molecular complexity index is 1240. The third-order valence-electron chi connectivity index (χ3n) is 6.15. The summed E-state index contributed by atoms with van der Waals surface area (Å²) in [6.07, 6.45) is 1.59. The second-order valence-corrected chi connectivity index (χ2v) is 8.80. The fraction of sp³-hybridized carbons (Fsp3) is 0.286. The second-order valence-electron chi connectivity index (χ2n) is 8.80. The van der Waals surface area contributed by atoms with Crippen LogP contribution in [0.2, 0.25) is 0 Å². The third-order valence-corrected chi connectivity index (χ3v) is 6.15. The van der Waals surface area contributed by atoms with E-state index in [1.54, 1.807) is 13.3 Å². The molecule has 1 saturated heterocycles. The van der Waals surface area contributed by atoms with Crippen molar-refractivity contribution in [1.29, 1.82) is 0 Å². The molecule has 1 unspecified atom stereocenters. The Kier molecular flexibility index (Phi) is 7.07. The maximum absolute atomic E-state index is 13.2. The highest BCUT2D eigenvalue weighted by molar-refractivity contribution is 5.79. The summed E-state index contributed by atoms with van der Waals surface area (Å²) in [5, 5.41) is 1.06. The molecule has 7 nitrogen and oxygen atoms in total. The zero-order chi connectivity index (χ0) is 24.0. The number of nitrogens with zero attached hydrogens (tertiary/aromatic N) is 3. The average Bonchev–Trinajstić information content (AvgIpc) is 3.23. The summed E-state index contributed by atoms with van der Waals surface area (Å²) in [4.78, 5) is 21.6. The standard InChI is InChI=1S/C28H29N3O4/c1-33-24-10-6-7-21(13-24)20-34-26-17-30(16-25-14-22-8-2-3-11-27(22)35-25)19-28(32)31(18-26)15-23-9-4-5-12-29-23/h2-14,26H,15-20H2,1H3. The molecule has 7 heteroatoms. The average molecular weight is 472 g/mol. The molecule has 35 heavy (non-hydrogen) atoms. The largest absolute Gasteiger partial charge is 0.497 e. The number of aromatic nitrogens is 1. The maximum Gasteiger partial charge on any atom is 0.237 e. The molecule has 0 bridgehead atoms. The molecule has 180 valence electrons. The maximum atomic E-state index is 13.2. The van der Waals surface area contributed by atoms with Crippen molar-refractivity contribution in [3.63, 3.8) is 0 Å². The van der Waals surface area contributed by atoms with Crippen LogP contribution in [0.3, 0.4) is 0 Å². The van der Waals surface area contributed by atoms with Crippen LogP contribution in [0.4, 0.5) is 0 Å². The van der Waals surface area contributed by atoms with Gasteiger partial charge >= 0.3 is 0 Å². The van der Waals surface area contributed by atoms with Gasteiger partial charge in [-0.15, -0.1) is 0 Å². The Labute approximate surface area is 204 Å². The van der Waals surface area contributed by atoms with E-state index in [1.165, 1.54) is 0 Å². The van der Waals surface area contributed by atoms with Crippen LogP contribution in [0.1, 0.15) is 17.0 Å². The van der Waals surface area contributed by atoms with Gasteiger partial charge in [-0.3, -0.25) is 14.7 Å². The normalized spacial score (nSPS) is 17.0. The molecule has 1 amide bonds. The van der Waals surface area contributed by atoms with Gasteiger partial charge in [0, 0.05) is 24.7 Å². The Morgan fingerprint density at radius 3 is 2.71 bits per heavy atom. The van der Waals surface area contributed by atoms with Crippen LogP contribution < -0.4 is 4.74 Å². The van der Waals surface area contributed by atoms with Crippen LogP contribution in [0, 0.1) is 0 Å². The van der Waals surface area contributed by atoms with Crippen molar-refractivity contribution in [3.8, 4) is 5.75 Å². The van der Waals surface area contributed by atoms with Crippen LogP contribution in [0.25, 0.3) is 11.0 Å². The number of fused-ring (bicyclic) bond motifs is 1. The fourth-order valence-electron chi connectivity index (χ4n) is 4.43. The molecule has 2 aromatic carbocycles. The van der Waals surface area contributed by atoms with Crippen LogP contribution in [0.15, 0.2) is 83.4 Å². The number of furan rings is 1. The molecule has 0 aliphatic carbocycles. The summed E-state index contributed by atoms with van der Waals surface area (Å²) in [5.74, 6) is 1.69. The van der Waals surface area contributed by atoms with Crippen molar-refractivity contribution in [1.82, 2.24) is 14.8 Å². The molecule has 0 spiro atoms. The first-order valence-electron chi connectivity index (χ1n) is 11.8. The predicted octanol–water partition coefficient (Wildman–Crippen LogP) is 4.27. The minimum Gasteiger partial charge on any atom is -0.497 e. The Balaban J connectivity index is 1.33. The lowest BCUT2D eigenvalue weighted by Crippen LogP contribution is -2.37. The van der Waals surface area contributed by atoms with Gasteiger partial charge in [0.15, 0.2) is 0 Å². The number of rotatable bonds is 8. The highest BCUT2D eigenvalue weighted by Crippen LogP contribution is 2.22. The van der Waals surface area contributed by atoms with E-state index in [0.29, 0.717) is 39.3 Å². The summed E-state index contributed by atoms with van der Waals surface area (Å²) in [6.45, 7) is 2.84. The molecule has 1 aliphatic heterocycles. The number of hydrogen-bond acceptors (Lipinski definition) is 6. The third kappa shape index (κ3) is 5.88. The number of para-hydroxylation sites is 1. The fourth-order valence-corrected chi connectivity index (χ4v) is 4.43. The molecule has 0 saturated carbocycles. The minimum atomic E-state index is -0.166. The number of amides is 1. The summed E-state index contributed by atoms with van der Waals surface area (Å²) in [6, 6.07) is 23.6. The van der Waals surface area contributed by atoms with Crippen molar-refractivity contribution >= 4 is 16.9 Å². The molecule has 1 atom stereocenters. The number of methoxy groups -OCH3 is 1. The number of carbonyl (C=O) groups is 1. The SMILES string of the molecule is COc1cccc(COC2CN(Cc3cc4ccccc4o3)CC(=O)N(Cc3ccccn3)C2)c1. The summed E-state index contributed by atoms with van der Waals surface area (Å²) >= 11 is 0. The quantitative estimate of drug-likeness (QED) is 0.382. The first-order valence-corrected chi connectivity index (χ1v) is 11.8. The molecule has 2 aromatic heterocycles. The van der Waals surface area contributed by atoms with E-state index >= 15 is 0 Å². The van der Waals surface area contributed by atoms with Crippen molar-refractivity contribution < 1.29 is 18.7 Å². The molecule has 3 heterocycles. The first-order chi connectivity index (χ1) is 17.2. The van der Waals surface area contributed by atoms with E-state index < -0.39 is 0 Å². The van der Waals surface area contributed by atoms with Gasteiger partial charge in [-0.2, -0.15) is 0 Å². The lowest BCUT2D eigenvalue weighted by atomic mass is 10.2. The Morgan fingerprint density at radius 2 is 1.89 bits per heavy atom. The van der Waals surface area contributed by atoms with E-state index in [1.807, 2.05) is 77.7 Å². The summed E-state index contributed by atoms with van der Waals surface area (Å²) < 4.78 is 17.7. The second kappa shape index (κ2) is 10.7. The van der Waals surface area contributed by atoms with Gasteiger partial charge in [-0.1, -0.05) is 36.4 Å². The van der Waals surface area contributed by atoms with E-state index in [4.69, 9.17) is 13.9 Å². The minimum absolute atomic E-state index is 0.0549. The monoisotopic (exact) mass is 471 g/mol. The van der Waals surface area contributed by atoms with Crippen molar-refractivity contribution in [3.05, 3.63) is 96.0 Å². The first kappa shape index (κ1) is 23.1. The molecule has 4 aromatic rings. The van der Waals surface area contributed by atoms with Gasteiger partial charge in [0.05, 0.1) is 45.1 Å². The van der Waals surface area contributed by atoms with Gasteiger partial charge in [-0.05, 0) is 42.0 Å². The number of carbonyl (C=O) groups excluding carboxylic acids is 1. The lowest BCUT2D eigenvalue weighted by Gasteiger charge is -2.24. The summed E-state index contributed by atoms with van der Waals surface area (Å²) in [7, 11) is 1.66. The van der Waals surface area contributed by atoms with Crippen LogP contribution in [-0.4, -0.2) is 53.5 Å². The molecular formula is C28H29N3O4. The van der Waals surface area contributed by atoms with E-state index in [-0.39, 0.29) is 12.0 Å². The molecule has 1 aliphatic rings. The van der Waals surface area contributed by atoms with Crippen molar-refractivity contribution in [2.75, 3.05) is 26.7 Å². The zero-order valence-electron chi connectivity index (χ0n) is 19.8. The van der Waals surface area contributed by atoms with Gasteiger partial charge in [0.25, 0.3) is 0 Å². The molecular weight excluding hydrogens is 442 g/mol. The van der Waals surface area contributed by atoms with Crippen LogP contribution >= 0.6 is 0 Å².